The highest BCUT2D eigenvalue weighted by atomic mass is 32.2. The van der Waals surface area contributed by atoms with Gasteiger partial charge in [0.15, 0.2) is 27.3 Å². The van der Waals surface area contributed by atoms with Gasteiger partial charge in [0.2, 0.25) is 0 Å². The lowest BCUT2D eigenvalue weighted by Gasteiger charge is -2.52. The van der Waals surface area contributed by atoms with E-state index in [2.05, 4.69) is 6.58 Å². The number of hydrogen-bond donors (Lipinski definition) is 0. The molecule has 1 heterocycles. The summed E-state index contributed by atoms with van der Waals surface area (Å²) < 4.78 is 67.7. The Hall–Kier alpha value is -3.25. The van der Waals surface area contributed by atoms with Crippen molar-refractivity contribution in [3.8, 4) is 5.75 Å². The maximum absolute atomic E-state index is 15.3. The molecule has 0 radical (unpaired) electrons. The van der Waals surface area contributed by atoms with E-state index in [9.17, 15) is 9.59 Å². The number of esters is 2. The van der Waals surface area contributed by atoms with E-state index in [1.165, 1.54) is 32.1 Å². The number of benzene rings is 2. The summed E-state index contributed by atoms with van der Waals surface area (Å²) in [7, 11) is -2.77. The fraction of sp³-hybridized carbons (Fsp3) is 0.568. The second-order valence-corrected chi connectivity index (χ2v) is 16.3. The predicted octanol–water partition coefficient (Wildman–Crippen LogP) is 5.82. The Kier molecular flexibility index (Phi) is 9.93. The highest BCUT2D eigenvalue weighted by molar-refractivity contribution is 7.92. The van der Waals surface area contributed by atoms with Crippen LogP contribution in [0.3, 0.4) is 0 Å². The van der Waals surface area contributed by atoms with Crippen LogP contribution in [0, 0.1) is 16.7 Å². The average Bonchev–Trinajstić information content (AvgIpc) is 3.57. The third kappa shape index (κ3) is 6.19. The lowest BCUT2D eigenvalue weighted by atomic mass is 9.63. The summed E-state index contributed by atoms with van der Waals surface area (Å²) in [5.41, 5.74) is -2.69. The van der Waals surface area contributed by atoms with Crippen LogP contribution in [-0.2, 0) is 49.7 Å². The van der Waals surface area contributed by atoms with E-state index < -0.39 is 67.6 Å². The Morgan fingerprint density at radius 3 is 2.21 bits per heavy atom. The predicted molar refractivity (Wildman–Crippen MR) is 178 cm³/mol. The van der Waals surface area contributed by atoms with E-state index in [0.29, 0.717) is 25.0 Å². The van der Waals surface area contributed by atoms with Gasteiger partial charge in [-0.1, -0.05) is 50.3 Å². The third-order valence-corrected chi connectivity index (χ3v) is 13.1. The number of hydrogen-bond acceptors (Lipinski definition) is 10. The van der Waals surface area contributed by atoms with Crippen LogP contribution in [0.15, 0.2) is 72.1 Å². The Morgan fingerprint density at radius 1 is 1.02 bits per heavy atom. The number of sulfone groups is 1. The van der Waals surface area contributed by atoms with E-state index >= 15 is 8.42 Å². The van der Waals surface area contributed by atoms with Crippen molar-refractivity contribution in [2.75, 3.05) is 13.7 Å². The first-order valence-electron chi connectivity index (χ1n) is 16.4. The van der Waals surface area contributed by atoms with Crippen LogP contribution in [0.25, 0.3) is 0 Å². The molecule has 2 aromatic carbocycles. The first-order valence-corrected chi connectivity index (χ1v) is 17.9. The molecule has 48 heavy (non-hydrogen) atoms. The first kappa shape index (κ1) is 36.0. The highest BCUT2D eigenvalue weighted by Crippen LogP contribution is 2.70. The maximum atomic E-state index is 15.3. The molecule has 0 spiro atoms. The van der Waals surface area contributed by atoms with Gasteiger partial charge < -0.3 is 28.4 Å². The van der Waals surface area contributed by atoms with Crippen LogP contribution in [0.5, 0.6) is 5.75 Å². The van der Waals surface area contributed by atoms with Crippen LogP contribution < -0.4 is 4.74 Å². The quantitative estimate of drug-likeness (QED) is 0.188. The molecular weight excluding hydrogens is 636 g/mol. The molecule has 3 aliphatic rings. The largest absolute Gasteiger partial charge is 0.497 e. The van der Waals surface area contributed by atoms with Gasteiger partial charge in [-0.05, 0) is 74.3 Å². The molecule has 5 rings (SSSR count). The van der Waals surface area contributed by atoms with Crippen molar-refractivity contribution in [1.29, 1.82) is 0 Å². The van der Waals surface area contributed by atoms with E-state index in [0.717, 1.165) is 5.56 Å². The Labute approximate surface area is 284 Å². The summed E-state index contributed by atoms with van der Waals surface area (Å²) in [5.74, 6) is -1.68. The zero-order chi connectivity index (χ0) is 35.1. The van der Waals surface area contributed by atoms with E-state index in [1.54, 1.807) is 39.2 Å². The third-order valence-electron chi connectivity index (χ3n) is 10.8. The summed E-state index contributed by atoms with van der Waals surface area (Å²) in [6.45, 7) is 14.1. The van der Waals surface area contributed by atoms with Gasteiger partial charge >= 0.3 is 11.9 Å². The number of fused-ring (bicyclic) bond motifs is 2. The highest BCUT2D eigenvalue weighted by Gasteiger charge is 2.75. The molecule has 11 heteroatoms. The van der Waals surface area contributed by atoms with Crippen molar-refractivity contribution in [3.63, 3.8) is 0 Å². The maximum Gasteiger partial charge on any atom is 0.303 e. The minimum Gasteiger partial charge on any atom is -0.497 e. The summed E-state index contributed by atoms with van der Waals surface area (Å²) >= 11 is 0. The van der Waals surface area contributed by atoms with E-state index in [1.807, 2.05) is 38.1 Å². The minimum atomic E-state index is -4.35. The molecule has 2 aromatic rings. The number of methoxy groups -OCH3 is 1. The summed E-state index contributed by atoms with van der Waals surface area (Å²) in [5, 5.41) is -1.44. The molecular formula is C37H48O10S. The van der Waals surface area contributed by atoms with Crippen molar-refractivity contribution in [2.24, 2.45) is 16.7 Å². The van der Waals surface area contributed by atoms with Crippen LogP contribution in [-0.4, -0.2) is 69.0 Å². The first-order chi connectivity index (χ1) is 22.5. The van der Waals surface area contributed by atoms with Crippen molar-refractivity contribution in [3.05, 3.63) is 72.8 Å². The molecule has 0 aromatic heterocycles. The van der Waals surface area contributed by atoms with Crippen molar-refractivity contribution < 1.29 is 46.4 Å². The smallest absolute Gasteiger partial charge is 0.303 e. The molecule has 0 amide bonds. The van der Waals surface area contributed by atoms with E-state index in [4.69, 9.17) is 28.4 Å². The van der Waals surface area contributed by atoms with Gasteiger partial charge in [-0.25, -0.2) is 8.42 Å². The van der Waals surface area contributed by atoms with Crippen molar-refractivity contribution in [1.82, 2.24) is 0 Å². The standard InChI is InChI=1S/C37H48O10S/c1-9-30(43-22-26-15-17-28(42-8)18-16-26)37(23-44-35(6,7)47-37)32(46-25(3)39)33(48(40,41)29-13-11-10-12-14-29)36-20-19-27(34(36,4)5)21-31(36)45-24(2)38/h9-18,27,30-33H,1,19-23H2,2-8H3/t27-,30+,31+,32+,33+,36+,37-/m0/s1. The lowest BCUT2D eigenvalue weighted by molar-refractivity contribution is -0.230. The molecule has 0 unspecified atom stereocenters. The summed E-state index contributed by atoms with van der Waals surface area (Å²) in [6.07, 6.45) is -0.0973. The number of carbonyl (C=O) groups excluding carboxylic acids is 2. The molecule has 3 fully saturated rings. The van der Waals surface area contributed by atoms with Gasteiger partial charge in [0, 0.05) is 19.3 Å². The Bertz CT molecular complexity index is 1600. The summed E-state index contributed by atoms with van der Waals surface area (Å²) in [6, 6.07) is 15.5. The SMILES string of the molecule is C=C[C@@H](OCc1ccc(OC)cc1)[C@]1([C@H](OC(C)=O)[C@H]([C@@]23CC[C@@H](C[C@H]2OC(C)=O)C3(C)C)S(=O)(=O)c2ccccc2)COC(C)(C)O1. The lowest BCUT2D eigenvalue weighted by Crippen LogP contribution is -2.68. The minimum absolute atomic E-state index is 0.0527. The van der Waals surface area contributed by atoms with Gasteiger partial charge in [-0.3, -0.25) is 9.59 Å². The van der Waals surface area contributed by atoms with Crippen LogP contribution >= 0.6 is 0 Å². The molecule has 10 nitrogen and oxygen atoms in total. The van der Waals surface area contributed by atoms with Crippen LogP contribution in [0.4, 0.5) is 0 Å². The number of carbonyl (C=O) groups is 2. The Balaban J connectivity index is 1.74. The fourth-order valence-electron chi connectivity index (χ4n) is 8.60. The molecule has 1 aliphatic heterocycles. The van der Waals surface area contributed by atoms with Crippen LogP contribution in [0.1, 0.15) is 66.4 Å². The molecule has 2 saturated carbocycles. The van der Waals surface area contributed by atoms with Crippen LogP contribution in [0.2, 0.25) is 0 Å². The van der Waals surface area contributed by atoms with Gasteiger partial charge in [0.05, 0.1) is 25.2 Å². The second kappa shape index (κ2) is 13.2. The monoisotopic (exact) mass is 684 g/mol. The van der Waals surface area contributed by atoms with Gasteiger partial charge in [-0.15, -0.1) is 6.58 Å². The summed E-state index contributed by atoms with van der Waals surface area (Å²) in [4.78, 5) is 25.8. The number of rotatable bonds is 13. The zero-order valence-electron chi connectivity index (χ0n) is 28.9. The average molecular weight is 685 g/mol. The zero-order valence-corrected chi connectivity index (χ0v) is 29.7. The topological polar surface area (TPSA) is 124 Å². The molecule has 7 atom stereocenters. The van der Waals surface area contributed by atoms with Gasteiger partial charge in [-0.2, -0.15) is 0 Å². The van der Waals surface area contributed by atoms with Gasteiger partial charge in [0.1, 0.15) is 23.2 Å². The van der Waals surface area contributed by atoms with Crippen molar-refractivity contribution in [2.45, 2.75) is 107 Å². The second-order valence-electron chi connectivity index (χ2n) is 14.2. The normalized spacial score (nSPS) is 29.1. The van der Waals surface area contributed by atoms with E-state index in [-0.39, 0.29) is 24.0 Å². The van der Waals surface area contributed by atoms with Crippen molar-refractivity contribution >= 4 is 21.8 Å². The fourth-order valence-corrected chi connectivity index (χ4v) is 11.2. The number of ether oxygens (including phenoxy) is 6. The molecule has 2 bridgehead atoms. The van der Waals surface area contributed by atoms with Gasteiger partial charge in [0.25, 0.3) is 0 Å². The Morgan fingerprint density at radius 2 is 1.69 bits per heavy atom. The molecule has 1 saturated heterocycles. The molecule has 0 N–H and O–H groups in total. The molecule has 262 valence electrons. The molecule has 2 aliphatic carbocycles.